The number of aromatic hydroxyl groups is 1. The second-order valence-electron chi connectivity index (χ2n) is 3.12. The Kier molecular flexibility index (Phi) is 1.48. The molecule has 3 N–H and O–H groups in total. The highest BCUT2D eigenvalue weighted by Gasteiger charge is 2.23. The quantitative estimate of drug-likeness (QED) is 0.605. The van der Waals surface area contributed by atoms with E-state index in [4.69, 9.17) is 10.5 Å². The second kappa shape index (κ2) is 2.38. The average Bonchev–Trinajstić information content (AvgIpc) is 2.33. The fourth-order valence-electron chi connectivity index (χ4n) is 1.48. The minimum atomic E-state index is -0.0919. The number of ether oxygens (including phenoxy) is 1. The zero-order valence-electron chi connectivity index (χ0n) is 6.87. The van der Waals surface area contributed by atoms with Crippen LogP contribution in [0.25, 0.3) is 0 Å². The maximum Gasteiger partial charge on any atom is 0.165 e. The summed E-state index contributed by atoms with van der Waals surface area (Å²) in [7, 11) is 0. The lowest BCUT2D eigenvalue weighted by Gasteiger charge is -2.03. The molecule has 0 saturated carbocycles. The van der Waals surface area contributed by atoms with E-state index in [1.54, 1.807) is 6.07 Å². The molecule has 3 heteroatoms. The number of hydrogen-bond acceptors (Lipinski definition) is 3. The molecule has 0 bridgehead atoms. The summed E-state index contributed by atoms with van der Waals surface area (Å²) < 4.78 is 5.22. The van der Waals surface area contributed by atoms with Gasteiger partial charge in [0, 0.05) is 5.56 Å². The monoisotopic (exact) mass is 165 g/mol. The molecule has 1 aromatic carbocycles. The van der Waals surface area contributed by atoms with Crippen molar-refractivity contribution in [1.82, 2.24) is 0 Å². The third kappa shape index (κ3) is 0.940. The van der Waals surface area contributed by atoms with Crippen molar-refractivity contribution in [2.24, 2.45) is 5.73 Å². The molecule has 1 aliphatic rings. The van der Waals surface area contributed by atoms with Gasteiger partial charge in [0.1, 0.15) is 6.61 Å². The van der Waals surface area contributed by atoms with Gasteiger partial charge in [-0.05, 0) is 18.6 Å². The first-order chi connectivity index (χ1) is 5.68. The molecule has 0 aromatic heterocycles. The van der Waals surface area contributed by atoms with Gasteiger partial charge in [0.15, 0.2) is 11.5 Å². The predicted octanol–water partition coefficient (Wildman–Crippen LogP) is 1.09. The Labute approximate surface area is 70.8 Å². The van der Waals surface area contributed by atoms with Crippen LogP contribution >= 0.6 is 0 Å². The Bertz CT molecular complexity index is 323. The maximum atomic E-state index is 9.45. The zero-order valence-corrected chi connectivity index (χ0v) is 6.87. The Morgan fingerprint density at radius 3 is 3.08 bits per heavy atom. The lowest BCUT2D eigenvalue weighted by Crippen LogP contribution is -2.10. The van der Waals surface area contributed by atoms with Crippen LogP contribution in [0.15, 0.2) is 12.1 Å². The normalized spacial score (nSPS) is 20.3. The average molecular weight is 165 g/mol. The molecule has 0 radical (unpaired) electrons. The number of rotatable bonds is 0. The molecule has 12 heavy (non-hydrogen) atoms. The van der Waals surface area contributed by atoms with Gasteiger partial charge in [-0.15, -0.1) is 0 Å². The van der Waals surface area contributed by atoms with Gasteiger partial charge < -0.3 is 15.6 Å². The predicted molar refractivity (Wildman–Crippen MR) is 45.3 cm³/mol. The molecule has 2 rings (SSSR count). The standard InChI is InChI=1S/C9H11NO2/c1-5-2-6-7(10)4-12-9(6)8(11)3-5/h2-3,7,11H,4,10H2,1H3. The highest BCUT2D eigenvalue weighted by molar-refractivity contribution is 5.51. The van der Waals surface area contributed by atoms with Crippen LogP contribution in [-0.4, -0.2) is 11.7 Å². The van der Waals surface area contributed by atoms with Crippen molar-refractivity contribution in [3.05, 3.63) is 23.3 Å². The molecule has 1 aliphatic heterocycles. The lowest BCUT2D eigenvalue weighted by molar-refractivity contribution is 0.317. The number of phenols is 1. The van der Waals surface area contributed by atoms with Gasteiger partial charge >= 0.3 is 0 Å². The molecule has 1 atom stereocenters. The highest BCUT2D eigenvalue weighted by atomic mass is 16.5. The first-order valence-corrected chi connectivity index (χ1v) is 3.90. The van der Waals surface area contributed by atoms with Crippen molar-refractivity contribution >= 4 is 0 Å². The van der Waals surface area contributed by atoms with E-state index < -0.39 is 0 Å². The molecule has 1 aromatic rings. The van der Waals surface area contributed by atoms with Crippen LogP contribution < -0.4 is 10.5 Å². The van der Waals surface area contributed by atoms with Crippen molar-refractivity contribution < 1.29 is 9.84 Å². The fourth-order valence-corrected chi connectivity index (χ4v) is 1.48. The molecule has 1 heterocycles. The van der Waals surface area contributed by atoms with Crippen molar-refractivity contribution in [2.45, 2.75) is 13.0 Å². The summed E-state index contributed by atoms with van der Waals surface area (Å²) in [6.07, 6.45) is 0. The molecule has 0 spiro atoms. The first-order valence-electron chi connectivity index (χ1n) is 3.90. The van der Waals surface area contributed by atoms with E-state index in [2.05, 4.69) is 0 Å². The molecule has 64 valence electrons. The van der Waals surface area contributed by atoms with Crippen molar-refractivity contribution in [3.63, 3.8) is 0 Å². The highest BCUT2D eigenvalue weighted by Crippen LogP contribution is 2.39. The van der Waals surface area contributed by atoms with Crippen LogP contribution in [-0.2, 0) is 0 Å². The van der Waals surface area contributed by atoms with Crippen LogP contribution in [0.4, 0.5) is 0 Å². The van der Waals surface area contributed by atoms with Crippen molar-refractivity contribution in [1.29, 1.82) is 0 Å². The second-order valence-corrected chi connectivity index (χ2v) is 3.12. The minimum Gasteiger partial charge on any atom is -0.504 e. The summed E-state index contributed by atoms with van der Waals surface area (Å²) in [4.78, 5) is 0. The van der Waals surface area contributed by atoms with Crippen LogP contribution in [0, 0.1) is 6.92 Å². The Morgan fingerprint density at radius 1 is 1.58 bits per heavy atom. The number of phenolic OH excluding ortho intramolecular Hbond substituents is 1. The summed E-state index contributed by atoms with van der Waals surface area (Å²) in [5.41, 5.74) is 7.66. The van der Waals surface area contributed by atoms with E-state index in [1.165, 1.54) is 0 Å². The van der Waals surface area contributed by atoms with Gasteiger partial charge in [-0.2, -0.15) is 0 Å². The summed E-state index contributed by atoms with van der Waals surface area (Å²) >= 11 is 0. The molecule has 0 aliphatic carbocycles. The Hall–Kier alpha value is -1.22. The van der Waals surface area contributed by atoms with Gasteiger partial charge in [-0.1, -0.05) is 6.07 Å². The summed E-state index contributed by atoms with van der Waals surface area (Å²) in [6.45, 7) is 2.39. The number of aryl methyl sites for hydroxylation is 1. The fraction of sp³-hybridized carbons (Fsp3) is 0.333. The van der Waals surface area contributed by atoms with Crippen molar-refractivity contribution in [2.75, 3.05) is 6.61 Å². The van der Waals surface area contributed by atoms with Crippen molar-refractivity contribution in [3.8, 4) is 11.5 Å². The summed E-state index contributed by atoms with van der Waals surface area (Å²) in [6, 6.07) is 3.54. The van der Waals surface area contributed by atoms with Gasteiger partial charge in [-0.25, -0.2) is 0 Å². The van der Waals surface area contributed by atoms with Crippen LogP contribution in [0.2, 0.25) is 0 Å². The van der Waals surface area contributed by atoms with E-state index in [0.717, 1.165) is 11.1 Å². The van der Waals surface area contributed by atoms with Crippen LogP contribution in [0.1, 0.15) is 17.2 Å². The lowest BCUT2D eigenvalue weighted by atomic mass is 10.1. The van der Waals surface area contributed by atoms with E-state index >= 15 is 0 Å². The van der Waals surface area contributed by atoms with E-state index in [9.17, 15) is 5.11 Å². The number of hydrogen-bond donors (Lipinski definition) is 2. The maximum absolute atomic E-state index is 9.45. The van der Waals surface area contributed by atoms with Crippen LogP contribution in [0.5, 0.6) is 11.5 Å². The largest absolute Gasteiger partial charge is 0.504 e. The molecule has 0 saturated heterocycles. The van der Waals surface area contributed by atoms with E-state index in [1.807, 2.05) is 13.0 Å². The van der Waals surface area contributed by atoms with Crippen LogP contribution in [0.3, 0.4) is 0 Å². The van der Waals surface area contributed by atoms with Gasteiger partial charge in [0.2, 0.25) is 0 Å². The van der Waals surface area contributed by atoms with Gasteiger partial charge in [0.05, 0.1) is 6.04 Å². The summed E-state index contributed by atoms with van der Waals surface area (Å²) in [5.74, 6) is 0.742. The Morgan fingerprint density at radius 2 is 2.33 bits per heavy atom. The molecule has 3 nitrogen and oxygen atoms in total. The number of benzene rings is 1. The smallest absolute Gasteiger partial charge is 0.165 e. The molecule has 0 amide bonds. The topological polar surface area (TPSA) is 55.5 Å². The number of nitrogens with two attached hydrogens (primary N) is 1. The molecular weight excluding hydrogens is 154 g/mol. The van der Waals surface area contributed by atoms with Gasteiger partial charge in [0.25, 0.3) is 0 Å². The molecule has 0 fully saturated rings. The van der Waals surface area contributed by atoms with E-state index in [-0.39, 0.29) is 11.8 Å². The van der Waals surface area contributed by atoms with E-state index in [0.29, 0.717) is 12.4 Å². The first kappa shape index (κ1) is 7.43. The molecular formula is C9H11NO2. The minimum absolute atomic E-state index is 0.0919. The summed E-state index contributed by atoms with van der Waals surface area (Å²) in [5, 5.41) is 9.45. The third-order valence-electron chi connectivity index (χ3n) is 2.05. The zero-order chi connectivity index (χ0) is 8.72. The van der Waals surface area contributed by atoms with Gasteiger partial charge in [-0.3, -0.25) is 0 Å². The number of fused-ring (bicyclic) bond motifs is 1. The third-order valence-corrected chi connectivity index (χ3v) is 2.05. The Balaban J connectivity index is 2.60. The molecule has 1 unspecified atom stereocenters. The SMILES string of the molecule is Cc1cc(O)c2c(c1)C(N)CO2.